The van der Waals surface area contributed by atoms with E-state index in [0.717, 1.165) is 0 Å². The number of hydrogen-bond donors (Lipinski definition) is 0. The number of benzene rings is 10. The van der Waals surface area contributed by atoms with Gasteiger partial charge in [0, 0.05) is 0 Å². The van der Waals surface area contributed by atoms with Gasteiger partial charge in [0.25, 0.3) is 0 Å². The molecule has 258 valence electrons. The second-order valence-corrected chi connectivity index (χ2v) is 17.1. The Hall–Kier alpha value is -6.24. The predicted octanol–water partition coefficient (Wildman–Crippen LogP) is 14.9. The first-order chi connectivity index (χ1) is 27.2. The van der Waals surface area contributed by atoms with E-state index in [0.29, 0.717) is 0 Å². The van der Waals surface area contributed by atoms with Crippen molar-refractivity contribution in [1.29, 1.82) is 0 Å². The molecule has 1 heterocycles. The van der Waals surface area contributed by atoms with Crippen LogP contribution in [-0.4, -0.2) is 14.5 Å². The molecule has 0 aliphatic heterocycles. The molecule has 0 unspecified atom stereocenters. The third kappa shape index (κ3) is 4.91. The normalized spacial score (nSPS) is 11.8. The van der Waals surface area contributed by atoms with Crippen LogP contribution in [0.4, 0.5) is 0 Å². The van der Waals surface area contributed by atoms with Crippen molar-refractivity contribution in [2.24, 2.45) is 0 Å². The van der Waals surface area contributed by atoms with Gasteiger partial charge in [-0.15, -0.1) is 0 Å². The summed E-state index contributed by atoms with van der Waals surface area (Å²) in [5, 5.41) is 13.2. The zero-order valence-electron chi connectivity index (χ0n) is 30.7. The van der Waals surface area contributed by atoms with E-state index in [2.05, 4.69) is 196 Å². The fourth-order valence-corrected chi connectivity index (χ4v) is 11.9. The minimum absolute atomic E-state index is 0.177. The fourth-order valence-electron chi connectivity index (χ4n) is 9.44. The van der Waals surface area contributed by atoms with Gasteiger partial charge in [0.15, 0.2) is 0 Å². The van der Waals surface area contributed by atoms with Gasteiger partial charge in [0.05, 0.1) is 0 Å². The van der Waals surface area contributed by atoms with Crippen molar-refractivity contribution < 1.29 is 0 Å². The first-order valence-corrected chi connectivity index (χ1v) is 20.8. The summed E-state index contributed by atoms with van der Waals surface area (Å²) in [6.07, 6.45) is 0. The van der Waals surface area contributed by atoms with Gasteiger partial charge in [-0.1, -0.05) is 0 Å². The molecule has 1 aromatic heterocycles. The van der Waals surface area contributed by atoms with Gasteiger partial charge in [-0.25, -0.2) is 0 Å². The Morgan fingerprint density at radius 2 is 0.745 bits per heavy atom. The van der Waals surface area contributed by atoms with Crippen molar-refractivity contribution in [3.63, 3.8) is 0 Å². The first kappa shape index (κ1) is 32.2. The third-order valence-electron chi connectivity index (χ3n) is 11.7. The molecule has 11 rings (SSSR count). The fraction of sp³-hybridized carbons (Fsp3) is 0.0370. The number of rotatable bonds is 4. The minimum atomic E-state index is 0.177. The van der Waals surface area contributed by atoms with Crippen molar-refractivity contribution in [2.45, 2.75) is 13.8 Å². The Morgan fingerprint density at radius 1 is 0.291 bits per heavy atom. The van der Waals surface area contributed by atoms with Gasteiger partial charge in [-0.2, -0.15) is 0 Å². The van der Waals surface area contributed by atoms with Gasteiger partial charge in [-0.05, 0) is 0 Å². The molecule has 0 radical (unpaired) electrons. The first-order valence-electron chi connectivity index (χ1n) is 19.1. The molecule has 0 aliphatic rings. The second-order valence-electron chi connectivity index (χ2n) is 14.8. The van der Waals surface area contributed by atoms with E-state index >= 15 is 0 Å². The van der Waals surface area contributed by atoms with Crippen LogP contribution in [0.5, 0.6) is 0 Å². The van der Waals surface area contributed by atoms with Gasteiger partial charge >= 0.3 is 328 Å². The molecular weight excluding hydrogens is 728 g/mol. The van der Waals surface area contributed by atoms with Crippen LogP contribution in [-0.2, 0) is 0 Å². The van der Waals surface area contributed by atoms with Crippen molar-refractivity contribution in [3.8, 4) is 44.5 Å². The molecule has 0 amide bonds. The summed E-state index contributed by atoms with van der Waals surface area (Å²) in [5.74, 6) is 0. The number of fused-ring (bicyclic) bond motifs is 7. The van der Waals surface area contributed by atoms with Crippen LogP contribution < -0.4 is 0 Å². The van der Waals surface area contributed by atoms with Crippen LogP contribution in [0.15, 0.2) is 182 Å². The Bertz CT molecular complexity index is 3190. The molecule has 0 aliphatic carbocycles. The molecule has 11 aromatic rings. The molecule has 10 aromatic carbocycles. The van der Waals surface area contributed by atoms with E-state index in [1.807, 2.05) is 0 Å². The SMILES string of the molecule is Cc1cccc(C)c1-c1c2ccccc2c(-c2ccc3c(c2)[se]c2cccc(-c4c5ccccc5c(-c5ccccc5)c5ccccc45)c23)c2ccccc12. The van der Waals surface area contributed by atoms with Crippen molar-refractivity contribution in [2.75, 3.05) is 0 Å². The third-order valence-corrected chi connectivity index (χ3v) is 14.1. The molecule has 0 saturated heterocycles. The van der Waals surface area contributed by atoms with Crippen LogP contribution in [0.25, 0.3) is 107 Å². The average Bonchev–Trinajstić information content (AvgIpc) is 3.61. The topological polar surface area (TPSA) is 0 Å². The van der Waals surface area contributed by atoms with E-state index < -0.39 is 0 Å². The quantitative estimate of drug-likeness (QED) is 0.124. The molecule has 0 saturated carbocycles. The van der Waals surface area contributed by atoms with E-state index in [1.54, 1.807) is 0 Å². The average molecular weight is 764 g/mol. The standard InChI is InChI=1S/C54H36Se/c1-33-16-14-17-34(2)49(33)54-43-26-12-8-22-39(43)51(40-23-9-13-27-44(40)54)36-30-31-45-48(32-36)55-47-29-15-28-46(53(45)47)52-41-24-10-6-20-37(41)50(35-18-4-3-5-19-35)38-21-7-11-25-42(38)52/h3-32H,1-2H3. The summed E-state index contributed by atoms with van der Waals surface area (Å²) in [5.41, 5.74) is 13.1. The monoisotopic (exact) mass is 764 g/mol. The zero-order chi connectivity index (χ0) is 36.6. The second kappa shape index (κ2) is 12.7. The maximum absolute atomic E-state index is 2.51. The summed E-state index contributed by atoms with van der Waals surface area (Å²) in [6.45, 7) is 4.50. The molecule has 0 fully saturated rings. The molecule has 0 nitrogen and oxygen atoms in total. The summed E-state index contributed by atoms with van der Waals surface area (Å²) >= 11 is 0.177. The zero-order valence-corrected chi connectivity index (χ0v) is 32.4. The van der Waals surface area contributed by atoms with Crippen molar-refractivity contribution in [1.82, 2.24) is 0 Å². The Morgan fingerprint density at radius 3 is 1.29 bits per heavy atom. The molecule has 1 heteroatoms. The van der Waals surface area contributed by atoms with Crippen LogP contribution in [0.1, 0.15) is 11.1 Å². The Labute approximate surface area is 326 Å². The maximum atomic E-state index is 2.51. The molecule has 0 spiro atoms. The van der Waals surface area contributed by atoms with E-state index in [-0.39, 0.29) is 14.5 Å². The van der Waals surface area contributed by atoms with Gasteiger partial charge in [0.2, 0.25) is 0 Å². The van der Waals surface area contributed by atoms with Crippen molar-refractivity contribution >= 4 is 76.9 Å². The van der Waals surface area contributed by atoms with Gasteiger partial charge < -0.3 is 0 Å². The predicted molar refractivity (Wildman–Crippen MR) is 240 cm³/mol. The Balaban J connectivity index is 1.18. The summed E-state index contributed by atoms with van der Waals surface area (Å²) in [6, 6.07) is 68.0. The van der Waals surface area contributed by atoms with Crippen molar-refractivity contribution in [3.05, 3.63) is 193 Å². The summed E-state index contributed by atoms with van der Waals surface area (Å²) < 4.78 is 2.91. The Kier molecular flexibility index (Phi) is 7.42. The summed E-state index contributed by atoms with van der Waals surface area (Å²) in [7, 11) is 0. The van der Waals surface area contributed by atoms with Gasteiger partial charge in [0.1, 0.15) is 0 Å². The van der Waals surface area contributed by atoms with E-state index in [1.165, 1.54) is 118 Å². The number of hydrogen-bond acceptors (Lipinski definition) is 0. The summed E-state index contributed by atoms with van der Waals surface area (Å²) in [4.78, 5) is 0. The van der Waals surface area contributed by atoms with Gasteiger partial charge in [-0.3, -0.25) is 0 Å². The molecule has 0 bridgehead atoms. The van der Waals surface area contributed by atoms with Crippen LogP contribution in [0, 0.1) is 13.8 Å². The van der Waals surface area contributed by atoms with Crippen LogP contribution in [0.3, 0.4) is 0 Å². The van der Waals surface area contributed by atoms with Crippen LogP contribution >= 0.6 is 0 Å². The molecule has 0 N–H and O–H groups in total. The molecule has 0 atom stereocenters. The van der Waals surface area contributed by atoms with E-state index in [4.69, 9.17) is 0 Å². The molecule has 55 heavy (non-hydrogen) atoms. The van der Waals surface area contributed by atoms with Crippen LogP contribution in [0.2, 0.25) is 0 Å². The molecular formula is C54H36Se. The van der Waals surface area contributed by atoms with E-state index in [9.17, 15) is 0 Å². The number of aryl methyl sites for hydroxylation is 2.